The van der Waals surface area contributed by atoms with Gasteiger partial charge in [0.1, 0.15) is 0 Å². The van der Waals surface area contributed by atoms with Crippen LogP contribution in [0.25, 0.3) is 0 Å². The minimum absolute atomic E-state index is 0.258. The fraction of sp³-hybridized carbons (Fsp3) is 0.917. The van der Waals surface area contributed by atoms with Gasteiger partial charge in [-0.1, -0.05) is 27.7 Å². The van der Waals surface area contributed by atoms with Crippen LogP contribution in [0.2, 0.25) is 0 Å². The van der Waals surface area contributed by atoms with Crippen LogP contribution in [-0.2, 0) is 0 Å². The summed E-state index contributed by atoms with van der Waals surface area (Å²) < 4.78 is 0. The average molecular weight is 212 g/mol. The van der Waals surface area contributed by atoms with Gasteiger partial charge in [-0.25, -0.2) is 4.79 Å². The second-order valence-electron chi connectivity index (χ2n) is 5.49. The number of rotatable bonds is 2. The van der Waals surface area contributed by atoms with Crippen LogP contribution in [0.4, 0.5) is 4.79 Å². The van der Waals surface area contributed by atoms with E-state index in [1.54, 1.807) is 0 Å². The molecule has 2 N–H and O–H groups in total. The van der Waals surface area contributed by atoms with E-state index in [0.29, 0.717) is 23.7 Å². The molecule has 0 spiro atoms. The van der Waals surface area contributed by atoms with Crippen LogP contribution >= 0.6 is 0 Å². The van der Waals surface area contributed by atoms with Gasteiger partial charge in [0.25, 0.3) is 0 Å². The molecule has 2 atom stereocenters. The zero-order valence-corrected chi connectivity index (χ0v) is 10.4. The van der Waals surface area contributed by atoms with E-state index in [0.717, 1.165) is 13.1 Å². The van der Waals surface area contributed by atoms with E-state index in [9.17, 15) is 4.79 Å². The number of primary amides is 1. The lowest BCUT2D eigenvalue weighted by Crippen LogP contribution is -2.48. The molecule has 3 nitrogen and oxygen atoms in total. The van der Waals surface area contributed by atoms with Crippen LogP contribution in [-0.4, -0.2) is 24.0 Å². The minimum Gasteiger partial charge on any atom is -0.351 e. The molecule has 1 aliphatic rings. The van der Waals surface area contributed by atoms with Gasteiger partial charge in [0.2, 0.25) is 0 Å². The molecule has 0 aromatic carbocycles. The van der Waals surface area contributed by atoms with Gasteiger partial charge in [-0.05, 0) is 30.1 Å². The molecule has 1 heterocycles. The standard InChI is InChI=1S/C12H24N2O/c1-8(2)10-5-11(9(3)4)7-14(6-10)12(13)15/h8-11H,5-7H2,1-4H3,(H2,13,15). The number of urea groups is 1. The Morgan fingerprint density at radius 3 is 1.80 bits per heavy atom. The summed E-state index contributed by atoms with van der Waals surface area (Å²) in [5.74, 6) is 2.49. The number of piperidine rings is 1. The summed E-state index contributed by atoms with van der Waals surface area (Å²) >= 11 is 0. The summed E-state index contributed by atoms with van der Waals surface area (Å²) in [5.41, 5.74) is 5.38. The molecule has 0 radical (unpaired) electrons. The van der Waals surface area contributed by atoms with Crippen molar-refractivity contribution in [3.63, 3.8) is 0 Å². The SMILES string of the molecule is CC(C)C1CC(C(C)C)CN(C(N)=O)C1. The van der Waals surface area contributed by atoms with E-state index in [1.165, 1.54) is 6.42 Å². The maximum absolute atomic E-state index is 11.2. The van der Waals surface area contributed by atoms with Crippen molar-refractivity contribution in [1.29, 1.82) is 0 Å². The number of amides is 2. The molecule has 1 aliphatic heterocycles. The van der Waals surface area contributed by atoms with Crippen LogP contribution in [0.15, 0.2) is 0 Å². The van der Waals surface area contributed by atoms with Crippen LogP contribution in [0.1, 0.15) is 34.1 Å². The summed E-state index contributed by atoms with van der Waals surface area (Å²) in [6.07, 6.45) is 1.24. The number of nitrogens with zero attached hydrogens (tertiary/aromatic N) is 1. The quantitative estimate of drug-likeness (QED) is 0.750. The maximum Gasteiger partial charge on any atom is 0.314 e. The minimum atomic E-state index is -0.258. The van der Waals surface area contributed by atoms with Gasteiger partial charge in [-0.2, -0.15) is 0 Å². The Bertz CT molecular complexity index is 210. The Morgan fingerprint density at radius 1 is 1.13 bits per heavy atom. The summed E-state index contributed by atoms with van der Waals surface area (Å²) in [7, 11) is 0. The summed E-state index contributed by atoms with van der Waals surface area (Å²) in [5, 5.41) is 0. The van der Waals surface area contributed by atoms with E-state index in [2.05, 4.69) is 27.7 Å². The highest BCUT2D eigenvalue weighted by Gasteiger charge is 2.31. The third-order valence-electron chi connectivity index (χ3n) is 3.71. The first kappa shape index (κ1) is 12.3. The van der Waals surface area contributed by atoms with Gasteiger partial charge in [-0.15, -0.1) is 0 Å². The Balaban J connectivity index is 2.68. The highest BCUT2D eigenvalue weighted by atomic mass is 16.2. The molecule has 0 aromatic heterocycles. The molecule has 0 bridgehead atoms. The number of hydrogen-bond acceptors (Lipinski definition) is 1. The van der Waals surface area contributed by atoms with Crippen molar-refractivity contribution < 1.29 is 4.79 Å². The van der Waals surface area contributed by atoms with E-state index >= 15 is 0 Å². The average Bonchev–Trinajstić information content (AvgIpc) is 2.16. The molecular weight excluding hydrogens is 188 g/mol. The van der Waals surface area contributed by atoms with Crippen molar-refractivity contribution >= 4 is 6.03 Å². The number of nitrogens with two attached hydrogens (primary N) is 1. The lowest BCUT2D eigenvalue weighted by molar-refractivity contribution is 0.100. The summed E-state index contributed by atoms with van der Waals surface area (Å²) in [6, 6.07) is -0.258. The first-order valence-corrected chi connectivity index (χ1v) is 5.96. The molecular formula is C12H24N2O. The number of hydrogen-bond donors (Lipinski definition) is 1. The molecule has 15 heavy (non-hydrogen) atoms. The molecule has 1 saturated heterocycles. The Kier molecular flexibility index (Phi) is 4.00. The number of likely N-dealkylation sites (tertiary alicyclic amines) is 1. The van der Waals surface area contributed by atoms with Crippen molar-refractivity contribution in [2.45, 2.75) is 34.1 Å². The molecule has 3 heteroatoms. The summed E-state index contributed by atoms with van der Waals surface area (Å²) in [4.78, 5) is 13.1. The zero-order valence-electron chi connectivity index (χ0n) is 10.4. The molecule has 0 aromatic rings. The van der Waals surface area contributed by atoms with Gasteiger partial charge in [0.05, 0.1) is 0 Å². The Labute approximate surface area is 93.0 Å². The van der Waals surface area contributed by atoms with Gasteiger partial charge in [0.15, 0.2) is 0 Å². The number of carbonyl (C=O) groups excluding carboxylic acids is 1. The molecule has 2 unspecified atom stereocenters. The van der Waals surface area contributed by atoms with Crippen molar-refractivity contribution in [2.75, 3.05) is 13.1 Å². The highest BCUT2D eigenvalue weighted by molar-refractivity contribution is 5.72. The first-order valence-electron chi connectivity index (χ1n) is 5.96. The van der Waals surface area contributed by atoms with Crippen LogP contribution in [0.5, 0.6) is 0 Å². The zero-order chi connectivity index (χ0) is 11.6. The fourth-order valence-electron chi connectivity index (χ4n) is 2.32. The van der Waals surface area contributed by atoms with Gasteiger partial charge in [-0.3, -0.25) is 0 Å². The molecule has 88 valence electrons. The van der Waals surface area contributed by atoms with Crippen molar-refractivity contribution in [3.05, 3.63) is 0 Å². The first-order chi connectivity index (χ1) is 6.91. The molecule has 1 fully saturated rings. The number of carbonyl (C=O) groups is 1. The van der Waals surface area contributed by atoms with Crippen molar-refractivity contribution in [3.8, 4) is 0 Å². The fourth-order valence-corrected chi connectivity index (χ4v) is 2.32. The molecule has 2 amide bonds. The van der Waals surface area contributed by atoms with E-state index in [4.69, 9.17) is 5.73 Å². The molecule has 0 aliphatic carbocycles. The normalized spacial score (nSPS) is 27.5. The second kappa shape index (κ2) is 4.86. The second-order valence-corrected chi connectivity index (χ2v) is 5.49. The lowest BCUT2D eigenvalue weighted by Gasteiger charge is -2.40. The smallest absolute Gasteiger partial charge is 0.314 e. The maximum atomic E-state index is 11.2. The van der Waals surface area contributed by atoms with Gasteiger partial charge >= 0.3 is 6.03 Å². The Morgan fingerprint density at radius 2 is 1.53 bits per heavy atom. The van der Waals surface area contributed by atoms with Crippen molar-refractivity contribution in [2.24, 2.45) is 29.4 Å². The van der Waals surface area contributed by atoms with Crippen molar-refractivity contribution in [1.82, 2.24) is 4.90 Å². The van der Waals surface area contributed by atoms with E-state index in [-0.39, 0.29) is 6.03 Å². The van der Waals surface area contributed by atoms with Gasteiger partial charge < -0.3 is 10.6 Å². The summed E-state index contributed by atoms with van der Waals surface area (Å²) in [6.45, 7) is 10.6. The van der Waals surface area contributed by atoms with E-state index < -0.39 is 0 Å². The predicted octanol–water partition coefficient (Wildman–Crippen LogP) is 2.32. The van der Waals surface area contributed by atoms with E-state index in [1.807, 2.05) is 4.90 Å². The topological polar surface area (TPSA) is 46.3 Å². The third-order valence-corrected chi connectivity index (χ3v) is 3.71. The lowest BCUT2D eigenvalue weighted by atomic mass is 9.78. The highest BCUT2D eigenvalue weighted by Crippen LogP contribution is 2.31. The largest absolute Gasteiger partial charge is 0.351 e. The van der Waals surface area contributed by atoms with Crippen LogP contribution < -0.4 is 5.73 Å². The third kappa shape index (κ3) is 3.11. The van der Waals surface area contributed by atoms with Gasteiger partial charge in [0, 0.05) is 13.1 Å². The molecule has 1 rings (SSSR count). The van der Waals surface area contributed by atoms with Crippen LogP contribution in [0.3, 0.4) is 0 Å². The predicted molar refractivity (Wildman–Crippen MR) is 62.4 cm³/mol. The molecule has 0 saturated carbocycles. The van der Waals surface area contributed by atoms with Crippen LogP contribution in [0, 0.1) is 23.7 Å². The monoisotopic (exact) mass is 212 g/mol. The Hall–Kier alpha value is -0.730.